The minimum atomic E-state index is -0.357. The molecule has 0 radical (unpaired) electrons. The van der Waals surface area contributed by atoms with Gasteiger partial charge in [-0.05, 0) is 35.7 Å². The predicted molar refractivity (Wildman–Crippen MR) is 105 cm³/mol. The molecule has 0 spiro atoms. The number of ether oxygens (including phenoxy) is 3. The Kier molecular flexibility index (Phi) is 6.03. The molecule has 0 aromatic heterocycles. The molecule has 2 amide bonds. The summed E-state index contributed by atoms with van der Waals surface area (Å²) >= 11 is 0. The number of fused-ring (bicyclic) bond motifs is 1. The summed E-state index contributed by atoms with van der Waals surface area (Å²) in [5.41, 5.74) is 1.46. The van der Waals surface area contributed by atoms with E-state index in [4.69, 9.17) is 14.2 Å². The molecule has 2 aromatic carbocycles. The van der Waals surface area contributed by atoms with Crippen molar-refractivity contribution in [1.29, 1.82) is 0 Å². The first kappa shape index (κ1) is 19.5. The van der Waals surface area contributed by atoms with Crippen LogP contribution >= 0.6 is 0 Å². The first-order valence-corrected chi connectivity index (χ1v) is 9.09. The average Bonchev–Trinajstić information content (AvgIpc) is 3.14. The zero-order chi connectivity index (χ0) is 20.1. The van der Waals surface area contributed by atoms with Gasteiger partial charge in [0.05, 0.1) is 19.6 Å². The maximum Gasteiger partial charge on any atom is 0.243 e. The Bertz CT molecular complexity index is 848. The van der Waals surface area contributed by atoms with E-state index < -0.39 is 0 Å². The van der Waals surface area contributed by atoms with Crippen LogP contribution in [0.5, 0.6) is 17.2 Å². The van der Waals surface area contributed by atoms with Crippen LogP contribution in [0.2, 0.25) is 0 Å². The molecule has 1 heterocycles. The first-order valence-electron chi connectivity index (χ1n) is 9.09. The van der Waals surface area contributed by atoms with Crippen LogP contribution in [-0.2, 0) is 9.59 Å². The lowest BCUT2D eigenvalue weighted by Gasteiger charge is -2.21. The van der Waals surface area contributed by atoms with Crippen LogP contribution in [0.25, 0.3) is 0 Å². The third kappa shape index (κ3) is 4.54. The van der Waals surface area contributed by atoms with Crippen LogP contribution in [-0.4, -0.2) is 32.3 Å². The van der Waals surface area contributed by atoms with Crippen molar-refractivity contribution < 1.29 is 23.8 Å². The molecule has 2 aromatic rings. The third-order valence-electron chi connectivity index (χ3n) is 4.50. The normalized spacial score (nSPS) is 13.1. The second-order valence-corrected chi connectivity index (χ2v) is 6.83. The van der Waals surface area contributed by atoms with Crippen molar-refractivity contribution in [3.05, 3.63) is 48.0 Å². The van der Waals surface area contributed by atoms with Crippen LogP contribution < -0.4 is 24.8 Å². The van der Waals surface area contributed by atoms with E-state index in [1.807, 2.05) is 38.1 Å². The Balaban J connectivity index is 1.58. The van der Waals surface area contributed by atoms with Crippen molar-refractivity contribution in [1.82, 2.24) is 5.32 Å². The molecule has 0 fully saturated rings. The van der Waals surface area contributed by atoms with Gasteiger partial charge in [0.1, 0.15) is 5.75 Å². The number of nitrogens with one attached hydrogen (secondary N) is 2. The molecule has 28 heavy (non-hydrogen) atoms. The van der Waals surface area contributed by atoms with Crippen molar-refractivity contribution in [2.45, 2.75) is 19.8 Å². The summed E-state index contributed by atoms with van der Waals surface area (Å²) < 4.78 is 15.7. The quantitative estimate of drug-likeness (QED) is 0.767. The summed E-state index contributed by atoms with van der Waals surface area (Å²) in [7, 11) is 1.60. The first-order chi connectivity index (χ1) is 13.5. The summed E-state index contributed by atoms with van der Waals surface area (Å²) in [6.07, 6.45) is 0. The largest absolute Gasteiger partial charge is 0.497 e. The third-order valence-corrected chi connectivity index (χ3v) is 4.50. The molecule has 1 aliphatic rings. The maximum absolute atomic E-state index is 12.7. The smallest absolute Gasteiger partial charge is 0.243 e. The van der Waals surface area contributed by atoms with Gasteiger partial charge in [0, 0.05) is 11.8 Å². The van der Waals surface area contributed by atoms with E-state index in [0.717, 1.165) is 11.3 Å². The number of methoxy groups -OCH3 is 1. The SMILES string of the molecule is COc1ccc(C(C(=O)NCC(=O)Nc2ccc3c(c2)OCO3)C(C)C)cc1. The number of carbonyl (C=O) groups excluding carboxylic acids is 2. The molecule has 1 aliphatic heterocycles. The number of rotatable bonds is 7. The highest BCUT2D eigenvalue weighted by Gasteiger charge is 2.24. The van der Waals surface area contributed by atoms with Gasteiger partial charge in [-0.15, -0.1) is 0 Å². The van der Waals surface area contributed by atoms with Gasteiger partial charge >= 0.3 is 0 Å². The molecule has 0 aliphatic carbocycles. The Morgan fingerprint density at radius 2 is 1.79 bits per heavy atom. The highest BCUT2D eigenvalue weighted by Crippen LogP contribution is 2.34. The van der Waals surface area contributed by atoms with Gasteiger partial charge in [0.2, 0.25) is 18.6 Å². The van der Waals surface area contributed by atoms with Crippen molar-refractivity contribution in [3.63, 3.8) is 0 Å². The molecular formula is C21H24N2O5. The van der Waals surface area contributed by atoms with Crippen molar-refractivity contribution >= 4 is 17.5 Å². The molecule has 7 nitrogen and oxygen atoms in total. The van der Waals surface area contributed by atoms with Crippen LogP contribution in [0.4, 0.5) is 5.69 Å². The molecule has 1 unspecified atom stereocenters. The molecule has 1 atom stereocenters. The number of carbonyl (C=O) groups is 2. The molecule has 0 bridgehead atoms. The summed E-state index contributed by atoms with van der Waals surface area (Å²) in [4.78, 5) is 24.9. The van der Waals surface area contributed by atoms with Gasteiger partial charge in [-0.2, -0.15) is 0 Å². The molecule has 7 heteroatoms. The zero-order valence-electron chi connectivity index (χ0n) is 16.2. The summed E-state index contributed by atoms with van der Waals surface area (Å²) in [6, 6.07) is 12.5. The molecule has 148 valence electrons. The standard InChI is InChI=1S/C21H24N2O5/c1-13(2)20(14-4-7-16(26-3)8-5-14)21(25)22-11-19(24)23-15-6-9-17-18(10-15)28-12-27-17/h4-10,13,20H,11-12H2,1-3H3,(H,22,25)(H,23,24). The van der Waals surface area contributed by atoms with E-state index in [-0.39, 0.29) is 37.0 Å². The monoisotopic (exact) mass is 384 g/mol. The lowest BCUT2D eigenvalue weighted by molar-refractivity contribution is -0.126. The molecule has 0 saturated carbocycles. The van der Waals surface area contributed by atoms with Crippen LogP contribution in [0, 0.1) is 5.92 Å². The van der Waals surface area contributed by atoms with E-state index in [9.17, 15) is 9.59 Å². The van der Waals surface area contributed by atoms with Gasteiger partial charge in [0.25, 0.3) is 0 Å². The number of benzene rings is 2. The van der Waals surface area contributed by atoms with Gasteiger partial charge in [-0.3, -0.25) is 9.59 Å². The van der Waals surface area contributed by atoms with E-state index in [0.29, 0.717) is 17.2 Å². The molecular weight excluding hydrogens is 360 g/mol. The number of hydrogen-bond acceptors (Lipinski definition) is 5. The average molecular weight is 384 g/mol. The van der Waals surface area contributed by atoms with E-state index in [2.05, 4.69) is 10.6 Å². The minimum absolute atomic E-state index is 0.0744. The molecule has 2 N–H and O–H groups in total. The van der Waals surface area contributed by atoms with Gasteiger partial charge in [-0.25, -0.2) is 0 Å². The Morgan fingerprint density at radius 1 is 1.07 bits per heavy atom. The van der Waals surface area contributed by atoms with Crippen LogP contribution in [0.3, 0.4) is 0 Å². The van der Waals surface area contributed by atoms with Crippen LogP contribution in [0.1, 0.15) is 25.3 Å². The fourth-order valence-electron chi connectivity index (χ4n) is 3.11. The lowest BCUT2D eigenvalue weighted by Crippen LogP contribution is -2.37. The van der Waals surface area contributed by atoms with E-state index in [1.54, 1.807) is 25.3 Å². The second kappa shape index (κ2) is 8.65. The highest BCUT2D eigenvalue weighted by atomic mass is 16.7. The summed E-state index contributed by atoms with van der Waals surface area (Å²) in [5.74, 6) is 1.17. The van der Waals surface area contributed by atoms with E-state index in [1.165, 1.54) is 0 Å². The van der Waals surface area contributed by atoms with Crippen molar-refractivity contribution in [3.8, 4) is 17.2 Å². The van der Waals surface area contributed by atoms with Crippen molar-refractivity contribution in [2.24, 2.45) is 5.92 Å². The number of hydrogen-bond donors (Lipinski definition) is 2. The number of anilines is 1. The molecule has 0 saturated heterocycles. The fourth-order valence-corrected chi connectivity index (χ4v) is 3.11. The van der Waals surface area contributed by atoms with Crippen molar-refractivity contribution in [2.75, 3.05) is 25.8 Å². The Labute approximate surface area is 164 Å². The van der Waals surface area contributed by atoms with Gasteiger partial charge in [0.15, 0.2) is 11.5 Å². The highest BCUT2D eigenvalue weighted by molar-refractivity contribution is 5.95. The van der Waals surface area contributed by atoms with Crippen LogP contribution in [0.15, 0.2) is 42.5 Å². The van der Waals surface area contributed by atoms with E-state index >= 15 is 0 Å². The minimum Gasteiger partial charge on any atom is -0.497 e. The summed E-state index contributed by atoms with van der Waals surface area (Å²) in [6.45, 7) is 4.00. The predicted octanol–water partition coefficient (Wildman–Crippen LogP) is 2.92. The second-order valence-electron chi connectivity index (χ2n) is 6.83. The Hall–Kier alpha value is -3.22. The number of amides is 2. The maximum atomic E-state index is 12.7. The molecule has 3 rings (SSSR count). The fraction of sp³-hybridized carbons (Fsp3) is 0.333. The zero-order valence-corrected chi connectivity index (χ0v) is 16.2. The summed E-state index contributed by atoms with van der Waals surface area (Å²) in [5, 5.41) is 5.47. The lowest BCUT2D eigenvalue weighted by atomic mass is 9.87. The van der Waals surface area contributed by atoms with Gasteiger partial charge < -0.3 is 24.8 Å². The van der Waals surface area contributed by atoms with Gasteiger partial charge in [-0.1, -0.05) is 26.0 Å². The Morgan fingerprint density at radius 3 is 2.46 bits per heavy atom. The topological polar surface area (TPSA) is 85.9 Å².